The molecule has 4 atom stereocenters. The smallest absolute Gasteiger partial charge is 0.174 e. The Bertz CT molecular complexity index is 758. The van der Waals surface area contributed by atoms with Crippen molar-refractivity contribution >= 4 is 5.78 Å². The molecule has 5 heteroatoms. The van der Waals surface area contributed by atoms with E-state index in [1.54, 1.807) is 6.07 Å². The van der Waals surface area contributed by atoms with Gasteiger partial charge >= 0.3 is 0 Å². The summed E-state index contributed by atoms with van der Waals surface area (Å²) in [5.41, 5.74) is 0.409. The quantitative estimate of drug-likeness (QED) is 0.698. The lowest BCUT2D eigenvalue weighted by Gasteiger charge is -2.63. The van der Waals surface area contributed by atoms with Crippen LogP contribution in [0.1, 0.15) is 30.4 Å². The van der Waals surface area contributed by atoms with Gasteiger partial charge in [0.15, 0.2) is 23.4 Å². The number of ether oxygens (including phenoxy) is 1. The number of Topliss-reactive ketones (excluding diaryl/α,β-unsaturated/α-hetero) is 1. The zero-order chi connectivity index (χ0) is 16.2. The van der Waals surface area contributed by atoms with E-state index in [1.165, 1.54) is 0 Å². The van der Waals surface area contributed by atoms with Crippen molar-refractivity contribution in [2.24, 2.45) is 0 Å². The molecule has 4 aliphatic rings. The van der Waals surface area contributed by atoms with E-state index in [4.69, 9.17) is 4.74 Å². The molecule has 2 fully saturated rings. The fraction of sp³-hybridized carbons (Fsp3) is 0.611. The number of carbonyl (C=O) groups excluding carboxylic acids is 1. The Labute approximate surface area is 135 Å². The lowest BCUT2D eigenvalue weighted by molar-refractivity contribution is -0.931. The highest BCUT2D eigenvalue weighted by molar-refractivity contribution is 5.89. The molecule has 122 valence electrons. The van der Waals surface area contributed by atoms with E-state index >= 15 is 0 Å². The summed E-state index contributed by atoms with van der Waals surface area (Å²) in [5.74, 6) is 0.580. The molecule has 0 unspecified atom stereocenters. The Morgan fingerprint density at radius 1 is 1.30 bits per heavy atom. The van der Waals surface area contributed by atoms with Gasteiger partial charge in [-0.3, -0.25) is 4.79 Å². The van der Waals surface area contributed by atoms with E-state index < -0.39 is 17.1 Å². The predicted molar refractivity (Wildman–Crippen MR) is 82.5 cm³/mol. The second-order valence-corrected chi connectivity index (χ2v) is 8.28. The Hall–Kier alpha value is -1.59. The third-order valence-electron chi connectivity index (χ3n) is 7.06. The van der Waals surface area contributed by atoms with Crippen LogP contribution >= 0.6 is 0 Å². The van der Waals surface area contributed by atoms with Gasteiger partial charge < -0.3 is 19.4 Å². The second-order valence-electron chi connectivity index (χ2n) is 8.28. The summed E-state index contributed by atoms with van der Waals surface area (Å²) < 4.78 is 6.75. The Balaban J connectivity index is 1.88. The number of likely N-dealkylation sites (tertiary alicyclic amines) is 1. The van der Waals surface area contributed by atoms with Crippen LogP contribution in [0.3, 0.4) is 0 Å². The van der Waals surface area contributed by atoms with Crippen LogP contribution in [-0.4, -0.2) is 58.9 Å². The van der Waals surface area contributed by atoms with Crippen molar-refractivity contribution in [3.05, 3.63) is 23.3 Å². The lowest BCUT2D eigenvalue weighted by Crippen LogP contribution is -2.79. The number of ketones is 1. The molecule has 1 saturated heterocycles. The van der Waals surface area contributed by atoms with Crippen LogP contribution in [0.4, 0.5) is 0 Å². The van der Waals surface area contributed by atoms with Crippen LogP contribution in [0.25, 0.3) is 0 Å². The van der Waals surface area contributed by atoms with Gasteiger partial charge in [0.05, 0.1) is 26.1 Å². The minimum atomic E-state index is -0.945. The SMILES string of the molecule is C[N+]1(C)CC[C@]23c4c5ccc(O)c4O[C@H]2C(=O)CC[C@@]3(O)[C@H]1C5. The minimum absolute atomic E-state index is 0.0541. The molecule has 1 spiro atoms. The number of carbonyl (C=O) groups is 1. The van der Waals surface area contributed by atoms with E-state index in [9.17, 15) is 15.0 Å². The number of aliphatic hydroxyl groups is 1. The first-order valence-electron chi connectivity index (χ1n) is 8.41. The summed E-state index contributed by atoms with van der Waals surface area (Å²) in [7, 11) is 4.34. The van der Waals surface area contributed by atoms with Gasteiger partial charge in [0.1, 0.15) is 11.6 Å². The third-order valence-corrected chi connectivity index (χ3v) is 7.06. The standard InChI is InChI=1S/C18H21NO4/c1-19(2)8-7-17-14-10-3-4-11(20)15(14)23-16(17)12(21)5-6-18(17,22)13(19)9-10/h3-4,13,16,22H,5-9H2,1-2H3/p+1/t13-,16+,17+,18-/m1/s1. The second kappa shape index (κ2) is 3.73. The Kier molecular flexibility index (Phi) is 2.24. The maximum atomic E-state index is 12.6. The van der Waals surface area contributed by atoms with Gasteiger partial charge in [-0.05, 0) is 18.1 Å². The Morgan fingerprint density at radius 2 is 2.09 bits per heavy atom. The van der Waals surface area contributed by atoms with E-state index in [0.717, 1.165) is 28.6 Å². The fourth-order valence-corrected chi connectivity index (χ4v) is 5.95. The van der Waals surface area contributed by atoms with E-state index in [1.807, 2.05) is 6.07 Å². The van der Waals surface area contributed by atoms with Crippen molar-refractivity contribution in [3.8, 4) is 11.5 Å². The number of piperidine rings is 1. The number of rotatable bonds is 0. The molecule has 1 aromatic carbocycles. The molecule has 2 N–H and O–H groups in total. The van der Waals surface area contributed by atoms with Gasteiger partial charge in [-0.1, -0.05) is 6.07 Å². The molecule has 2 heterocycles. The van der Waals surface area contributed by atoms with Crippen LogP contribution in [0.5, 0.6) is 11.5 Å². The van der Waals surface area contributed by atoms with Crippen LogP contribution in [0.2, 0.25) is 0 Å². The lowest BCUT2D eigenvalue weighted by atomic mass is 9.48. The number of phenols is 1. The number of benzene rings is 1. The van der Waals surface area contributed by atoms with Gasteiger partial charge in [-0.2, -0.15) is 0 Å². The van der Waals surface area contributed by atoms with Crippen molar-refractivity contribution in [2.75, 3.05) is 20.6 Å². The van der Waals surface area contributed by atoms with Crippen LogP contribution in [0.15, 0.2) is 12.1 Å². The van der Waals surface area contributed by atoms with E-state index in [-0.39, 0.29) is 17.6 Å². The third kappa shape index (κ3) is 1.28. The maximum Gasteiger partial charge on any atom is 0.174 e. The molecule has 0 amide bonds. The monoisotopic (exact) mass is 316 g/mol. The van der Waals surface area contributed by atoms with Gasteiger partial charge in [-0.15, -0.1) is 0 Å². The van der Waals surface area contributed by atoms with E-state index in [2.05, 4.69) is 14.1 Å². The number of hydrogen-bond donors (Lipinski definition) is 2. The number of phenolic OH excluding ortho intramolecular Hbond substituents is 1. The predicted octanol–water partition coefficient (Wildman–Crippen LogP) is 0.890. The number of likely N-dealkylation sites (N-methyl/N-ethyl adjacent to an activating group) is 1. The molecular formula is C18H22NO4+. The summed E-state index contributed by atoms with van der Waals surface area (Å²) in [6.07, 6.45) is 1.67. The minimum Gasteiger partial charge on any atom is -0.504 e. The number of nitrogens with zero attached hydrogens (tertiary/aromatic N) is 1. The average Bonchev–Trinajstić information content (AvgIpc) is 2.86. The van der Waals surface area contributed by atoms with Crippen LogP contribution in [-0.2, 0) is 16.6 Å². The zero-order valence-corrected chi connectivity index (χ0v) is 13.5. The number of hydrogen-bond acceptors (Lipinski definition) is 4. The van der Waals surface area contributed by atoms with Crippen molar-refractivity contribution in [2.45, 2.75) is 48.8 Å². The van der Waals surface area contributed by atoms with Crippen molar-refractivity contribution in [1.29, 1.82) is 0 Å². The highest BCUT2D eigenvalue weighted by Crippen LogP contribution is 2.65. The molecule has 1 saturated carbocycles. The molecule has 0 radical (unpaired) electrons. The zero-order valence-electron chi connectivity index (χ0n) is 13.5. The first-order chi connectivity index (χ1) is 10.8. The largest absolute Gasteiger partial charge is 0.504 e. The normalized spacial score (nSPS) is 42.1. The van der Waals surface area contributed by atoms with Crippen molar-refractivity contribution in [3.63, 3.8) is 0 Å². The highest BCUT2D eigenvalue weighted by Gasteiger charge is 2.75. The first kappa shape index (κ1) is 13.8. The average molecular weight is 316 g/mol. The van der Waals surface area contributed by atoms with Crippen LogP contribution in [0, 0.1) is 0 Å². The fourth-order valence-electron chi connectivity index (χ4n) is 5.95. The maximum absolute atomic E-state index is 12.6. The first-order valence-corrected chi connectivity index (χ1v) is 8.41. The molecular weight excluding hydrogens is 294 g/mol. The molecule has 2 aliphatic heterocycles. The molecule has 5 nitrogen and oxygen atoms in total. The molecule has 23 heavy (non-hydrogen) atoms. The van der Waals surface area contributed by atoms with Crippen molar-refractivity contribution < 1.29 is 24.2 Å². The molecule has 2 aliphatic carbocycles. The van der Waals surface area contributed by atoms with Gasteiger partial charge in [0.25, 0.3) is 0 Å². The van der Waals surface area contributed by atoms with Gasteiger partial charge in [-0.25, -0.2) is 0 Å². The van der Waals surface area contributed by atoms with Gasteiger partial charge in [0, 0.05) is 24.8 Å². The summed E-state index contributed by atoms with van der Waals surface area (Å²) in [6, 6.07) is 3.66. The summed E-state index contributed by atoms with van der Waals surface area (Å²) >= 11 is 0. The summed E-state index contributed by atoms with van der Waals surface area (Å²) in [6.45, 7) is 0.897. The summed E-state index contributed by atoms with van der Waals surface area (Å²) in [5, 5.41) is 22.1. The number of quaternary nitrogens is 1. The van der Waals surface area contributed by atoms with Gasteiger partial charge in [0.2, 0.25) is 0 Å². The Morgan fingerprint density at radius 3 is 2.87 bits per heavy atom. The van der Waals surface area contributed by atoms with Crippen LogP contribution < -0.4 is 4.74 Å². The highest BCUT2D eigenvalue weighted by atomic mass is 16.5. The van der Waals surface area contributed by atoms with E-state index in [0.29, 0.717) is 25.0 Å². The van der Waals surface area contributed by atoms with Crippen molar-refractivity contribution in [1.82, 2.24) is 0 Å². The summed E-state index contributed by atoms with van der Waals surface area (Å²) in [4.78, 5) is 12.6. The molecule has 1 aromatic rings. The molecule has 0 aromatic heterocycles. The molecule has 2 bridgehead atoms. The topological polar surface area (TPSA) is 66.8 Å². The number of aromatic hydroxyl groups is 1. The molecule has 5 rings (SSSR count).